The molecule has 2 saturated heterocycles. The van der Waals surface area contributed by atoms with Crippen LogP contribution in [0, 0.1) is 0 Å². The highest BCUT2D eigenvalue weighted by Crippen LogP contribution is 2.16. The highest BCUT2D eigenvalue weighted by molar-refractivity contribution is 7.87. The van der Waals surface area contributed by atoms with Crippen molar-refractivity contribution in [2.45, 2.75) is 31.7 Å². The van der Waals surface area contributed by atoms with Gasteiger partial charge in [-0.2, -0.15) is 17.4 Å². The lowest BCUT2D eigenvalue weighted by Crippen LogP contribution is -2.49. The number of nitrogens with one attached hydrogen (secondary N) is 2. The molecule has 1 amide bonds. The van der Waals surface area contributed by atoms with Crippen molar-refractivity contribution in [2.24, 2.45) is 0 Å². The van der Waals surface area contributed by atoms with Crippen LogP contribution < -0.4 is 10.0 Å². The number of piperidine rings is 1. The fraction of sp³-hybridized carbons (Fsp3) is 0.588. The van der Waals surface area contributed by atoms with Crippen LogP contribution in [0.4, 0.5) is 5.69 Å². The summed E-state index contributed by atoms with van der Waals surface area (Å²) in [5.41, 5.74) is 0.792. The van der Waals surface area contributed by atoms with Crippen molar-refractivity contribution in [1.82, 2.24) is 13.9 Å². The largest absolute Gasteiger partial charge is 0.325 e. The van der Waals surface area contributed by atoms with Gasteiger partial charge in [-0.1, -0.05) is 18.2 Å². The van der Waals surface area contributed by atoms with Gasteiger partial charge in [0.2, 0.25) is 5.91 Å². The monoisotopic (exact) mass is 366 g/mol. The molecule has 8 heteroatoms. The van der Waals surface area contributed by atoms with E-state index in [1.807, 2.05) is 30.3 Å². The Morgan fingerprint density at radius 2 is 1.68 bits per heavy atom. The first-order chi connectivity index (χ1) is 12.0. The minimum Gasteiger partial charge on any atom is -0.325 e. The van der Waals surface area contributed by atoms with E-state index >= 15 is 0 Å². The van der Waals surface area contributed by atoms with Crippen LogP contribution in [0.15, 0.2) is 30.3 Å². The molecule has 2 N–H and O–H groups in total. The summed E-state index contributed by atoms with van der Waals surface area (Å²) in [6.07, 6.45) is 3.34. The second kappa shape index (κ2) is 8.27. The van der Waals surface area contributed by atoms with Crippen LogP contribution in [0.2, 0.25) is 0 Å². The summed E-state index contributed by atoms with van der Waals surface area (Å²) in [6.45, 7) is 3.01. The summed E-state index contributed by atoms with van der Waals surface area (Å²) >= 11 is 0. The van der Waals surface area contributed by atoms with E-state index in [1.54, 1.807) is 0 Å². The third-order valence-electron chi connectivity index (χ3n) is 4.73. The Hall–Kier alpha value is -1.48. The minimum absolute atomic E-state index is 0.0395. The lowest BCUT2D eigenvalue weighted by Gasteiger charge is -2.32. The average Bonchev–Trinajstić information content (AvgIpc) is 3.13. The van der Waals surface area contributed by atoms with E-state index in [0.717, 1.165) is 44.5 Å². The summed E-state index contributed by atoms with van der Waals surface area (Å²) < 4.78 is 29.0. The van der Waals surface area contributed by atoms with Crippen molar-refractivity contribution >= 4 is 21.8 Å². The Morgan fingerprint density at radius 3 is 2.32 bits per heavy atom. The van der Waals surface area contributed by atoms with Crippen molar-refractivity contribution in [2.75, 3.05) is 38.0 Å². The summed E-state index contributed by atoms with van der Waals surface area (Å²) in [5, 5.41) is 2.88. The van der Waals surface area contributed by atoms with Gasteiger partial charge in [-0.25, -0.2) is 0 Å². The third-order valence-corrected chi connectivity index (χ3v) is 6.41. The Morgan fingerprint density at radius 1 is 1.04 bits per heavy atom. The summed E-state index contributed by atoms with van der Waals surface area (Å²) in [5.74, 6) is -0.0395. The SMILES string of the molecule is O=C(CN1CCC(NS(=O)(=O)N2CCCC2)CC1)Nc1ccccc1. The molecule has 0 unspecified atom stereocenters. The maximum absolute atomic E-state index is 12.3. The van der Waals surface area contributed by atoms with Gasteiger partial charge < -0.3 is 5.32 Å². The standard InChI is InChI=1S/C17H26N4O3S/c22-17(18-15-6-2-1-3-7-15)14-20-12-8-16(9-13-20)19-25(23,24)21-10-4-5-11-21/h1-3,6-7,16,19H,4-5,8-14H2,(H,18,22). The third kappa shape index (κ3) is 5.24. The van der Waals surface area contributed by atoms with Crippen molar-refractivity contribution < 1.29 is 13.2 Å². The molecule has 0 spiro atoms. The molecule has 2 fully saturated rings. The second-order valence-electron chi connectivity index (χ2n) is 6.69. The van der Waals surface area contributed by atoms with Crippen LogP contribution >= 0.6 is 0 Å². The van der Waals surface area contributed by atoms with Gasteiger partial charge in [-0.3, -0.25) is 9.69 Å². The zero-order valence-electron chi connectivity index (χ0n) is 14.4. The van der Waals surface area contributed by atoms with Gasteiger partial charge in [0.05, 0.1) is 6.54 Å². The number of carbonyl (C=O) groups is 1. The van der Waals surface area contributed by atoms with E-state index in [9.17, 15) is 13.2 Å². The van der Waals surface area contributed by atoms with Crippen molar-refractivity contribution in [1.29, 1.82) is 0 Å². The maximum atomic E-state index is 12.3. The molecule has 1 aromatic rings. The first-order valence-corrected chi connectivity index (χ1v) is 10.3. The van der Waals surface area contributed by atoms with Crippen LogP contribution in [-0.4, -0.2) is 62.3 Å². The van der Waals surface area contributed by atoms with Crippen molar-refractivity contribution in [3.05, 3.63) is 30.3 Å². The van der Waals surface area contributed by atoms with E-state index in [1.165, 1.54) is 4.31 Å². The Bertz CT molecular complexity index is 666. The van der Waals surface area contributed by atoms with E-state index in [4.69, 9.17) is 0 Å². The zero-order valence-corrected chi connectivity index (χ0v) is 15.2. The molecule has 2 heterocycles. The Kier molecular flexibility index (Phi) is 6.06. The minimum atomic E-state index is -3.36. The van der Waals surface area contributed by atoms with Gasteiger partial charge >= 0.3 is 0 Å². The van der Waals surface area contributed by atoms with Crippen LogP contribution in [-0.2, 0) is 15.0 Å². The molecule has 0 aromatic heterocycles. The average molecular weight is 366 g/mol. The molecule has 2 aliphatic rings. The number of anilines is 1. The highest BCUT2D eigenvalue weighted by atomic mass is 32.2. The number of likely N-dealkylation sites (tertiary alicyclic amines) is 1. The van der Waals surface area contributed by atoms with Gasteiger partial charge in [0.1, 0.15) is 0 Å². The Labute approximate surface area is 149 Å². The molecular weight excluding hydrogens is 340 g/mol. The summed E-state index contributed by atoms with van der Waals surface area (Å²) in [4.78, 5) is 14.2. The van der Waals surface area contributed by atoms with Crippen LogP contribution in [0.5, 0.6) is 0 Å². The van der Waals surface area contributed by atoms with Gasteiger partial charge in [0, 0.05) is 37.9 Å². The number of hydrogen-bond acceptors (Lipinski definition) is 4. The molecule has 1 aromatic carbocycles. The van der Waals surface area contributed by atoms with Gasteiger partial charge in [-0.05, 0) is 37.8 Å². The van der Waals surface area contributed by atoms with Gasteiger partial charge in [-0.15, -0.1) is 0 Å². The number of rotatable bonds is 6. The predicted octanol–water partition coefficient (Wildman–Crippen LogP) is 1.02. The molecule has 0 bridgehead atoms. The molecule has 0 radical (unpaired) electrons. The zero-order chi connectivity index (χ0) is 17.7. The van der Waals surface area contributed by atoms with E-state index < -0.39 is 10.2 Å². The quantitative estimate of drug-likeness (QED) is 0.788. The molecule has 0 aliphatic carbocycles. The molecule has 138 valence electrons. The molecule has 0 atom stereocenters. The molecule has 0 saturated carbocycles. The Balaban J connectivity index is 1.42. The lowest BCUT2D eigenvalue weighted by atomic mass is 10.1. The summed E-state index contributed by atoms with van der Waals surface area (Å²) in [7, 11) is -3.36. The molecule has 3 rings (SSSR count). The first kappa shape index (κ1) is 18.3. The van der Waals surface area contributed by atoms with Crippen molar-refractivity contribution in [3.63, 3.8) is 0 Å². The topological polar surface area (TPSA) is 81.8 Å². The molecular formula is C17H26N4O3S. The van der Waals surface area contributed by atoms with Crippen LogP contribution in [0.1, 0.15) is 25.7 Å². The van der Waals surface area contributed by atoms with Crippen molar-refractivity contribution in [3.8, 4) is 0 Å². The number of benzene rings is 1. The lowest BCUT2D eigenvalue weighted by molar-refractivity contribution is -0.117. The fourth-order valence-corrected chi connectivity index (χ4v) is 4.89. The fourth-order valence-electron chi connectivity index (χ4n) is 3.35. The molecule has 2 aliphatic heterocycles. The second-order valence-corrected chi connectivity index (χ2v) is 8.40. The predicted molar refractivity (Wildman–Crippen MR) is 97.4 cm³/mol. The van der Waals surface area contributed by atoms with Gasteiger partial charge in [0.25, 0.3) is 10.2 Å². The van der Waals surface area contributed by atoms with E-state index in [-0.39, 0.29) is 11.9 Å². The number of para-hydroxylation sites is 1. The smallest absolute Gasteiger partial charge is 0.279 e. The number of amides is 1. The number of carbonyl (C=O) groups excluding carboxylic acids is 1. The van der Waals surface area contributed by atoms with E-state index in [2.05, 4.69) is 14.9 Å². The number of hydrogen-bond donors (Lipinski definition) is 2. The van der Waals surface area contributed by atoms with Crippen LogP contribution in [0.25, 0.3) is 0 Å². The molecule has 7 nitrogen and oxygen atoms in total. The summed E-state index contributed by atoms with van der Waals surface area (Å²) in [6, 6.07) is 9.35. The highest BCUT2D eigenvalue weighted by Gasteiger charge is 2.29. The van der Waals surface area contributed by atoms with Gasteiger partial charge in [0.15, 0.2) is 0 Å². The molecule has 25 heavy (non-hydrogen) atoms. The van der Waals surface area contributed by atoms with Crippen LogP contribution in [0.3, 0.4) is 0 Å². The maximum Gasteiger partial charge on any atom is 0.279 e. The normalized spacial score (nSPS) is 20.6. The van der Waals surface area contributed by atoms with E-state index in [0.29, 0.717) is 19.6 Å². The number of nitrogens with zero attached hydrogens (tertiary/aromatic N) is 2. The first-order valence-electron chi connectivity index (χ1n) is 8.87.